The van der Waals surface area contributed by atoms with E-state index < -0.39 is 0 Å². The standard InChI is InChI=1S/C77H95NS/c1-5-9-13-17-21-33-54-76(55-34-22-18-14-10-6-2)66-47-30-27-43-64(66)73-68(76)49-38-51-70(73)78(60-41-26-25-40-59(58-60)61-45-37-46-63-62-42-29-32-53-72(62)79-75(61)63)71-52-39-50-69-74(71)65-44-28-31-48-67(65)77(69,56-35-23-19-15-11-7-3)57-36-24-20-16-12-8-4/h27,29-32,37-40,42-43,45-53,58H,5-24,28,33-36,41,44,54-57H2,1-4H3. The number of thiophene rings is 1. The Labute approximate surface area is 483 Å². The van der Waals surface area contributed by atoms with E-state index in [2.05, 4.69) is 172 Å². The van der Waals surface area contributed by atoms with Gasteiger partial charge in [-0.15, -0.1) is 11.3 Å². The van der Waals surface area contributed by atoms with Crippen LogP contribution in [0.1, 0.15) is 255 Å². The highest BCUT2D eigenvalue weighted by Crippen LogP contribution is 2.61. The summed E-state index contributed by atoms with van der Waals surface area (Å²) in [5.41, 5.74) is 18.9. The van der Waals surface area contributed by atoms with Crippen LogP contribution in [0.25, 0.3) is 42.4 Å². The molecule has 1 aromatic heterocycles. The van der Waals surface area contributed by atoms with E-state index in [-0.39, 0.29) is 10.8 Å². The minimum atomic E-state index is -0.0193. The van der Waals surface area contributed by atoms with Gasteiger partial charge in [-0.05, 0) is 108 Å². The molecule has 0 fully saturated rings. The first-order valence-electron chi connectivity index (χ1n) is 32.5. The molecule has 0 saturated carbocycles. The number of rotatable bonds is 32. The molecule has 0 spiro atoms. The van der Waals surface area contributed by atoms with Gasteiger partial charge < -0.3 is 4.90 Å². The van der Waals surface area contributed by atoms with Crippen LogP contribution < -0.4 is 4.90 Å². The van der Waals surface area contributed by atoms with E-state index >= 15 is 0 Å². The zero-order valence-electron chi connectivity index (χ0n) is 49.4. The number of hydrogen-bond donors (Lipinski definition) is 0. The third-order valence-corrected chi connectivity index (χ3v) is 20.3. The fourth-order valence-electron chi connectivity index (χ4n) is 15.0. The molecule has 2 heteroatoms. The molecule has 10 rings (SSSR count). The summed E-state index contributed by atoms with van der Waals surface area (Å²) in [4.78, 5) is 2.80. The van der Waals surface area contributed by atoms with E-state index in [1.165, 1.54) is 245 Å². The maximum absolute atomic E-state index is 3.77. The molecule has 0 bridgehead atoms. The first-order valence-corrected chi connectivity index (χ1v) is 33.3. The van der Waals surface area contributed by atoms with Gasteiger partial charge in [0.15, 0.2) is 0 Å². The highest BCUT2D eigenvalue weighted by atomic mass is 32.1. The fourth-order valence-corrected chi connectivity index (χ4v) is 16.3. The third kappa shape index (κ3) is 12.2. The van der Waals surface area contributed by atoms with Gasteiger partial charge in [-0.1, -0.05) is 291 Å². The van der Waals surface area contributed by atoms with E-state index in [1.807, 2.05) is 11.3 Å². The first kappa shape index (κ1) is 56.9. The number of fused-ring (bicyclic) bond motifs is 8. The summed E-state index contributed by atoms with van der Waals surface area (Å²) in [5, 5.41) is 2.68. The van der Waals surface area contributed by atoms with Gasteiger partial charge in [0.1, 0.15) is 0 Å². The monoisotopic (exact) mass is 1070 g/mol. The Morgan fingerprint density at radius 2 is 0.987 bits per heavy atom. The topological polar surface area (TPSA) is 3.24 Å². The normalized spacial score (nSPS) is 15.6. The van der Waals surface area contributed by atoms with Crippen LogP contribution >= 0.6 is 11.3 Å². The molecule has 0 aliphatic heterocycles. The molecule has 0 N–H and O–H groups in total. The Bertz CT molecular complexity index is 3160. The Morgan fingerprint density at radius 1 is 0.481 bits per heavy atom. The lowest BCUT2D eigenvalue weighted by Gasteiger charge is -2.36. The predicted molar refractivity (Wildman–Crippen MR) is 348 cm³/mol. The number of unbranched alkanes of at least 4 members (excludes halogenated alkanes) is 20. The second kappa shape index (κ2) is 27.9. The smallest absolute Gasteiger partial charge is 0.0540 e. The highest BCUT2D eigenvalue weighted by molar-refractivity contribution is 7.26. The molecule has 4 aliphatic rings. The van der Waals surface area contributed by atoms with Crippen molar-refractivity contribution in [3.63, 3.8) is 0 Å². The summed E-state index contributed by atoms with van der Waals surface area (Å²) >= 11 is 1.93. The number of nitrogens with zero attached hydrogens (tertiary/aromatic N) is 1. The van der Waals surface area contributed by atoms with Crippen LogP contribution in [-0.4, -0.2) is 0 Å². The van der Waals surface area contributed by atoms with Crippen molar-refractivity contribution in [2.45, 2.75) is 238 Å². The lowest BCUT2D eigenvalue weighted by molar-refractivity contribution is 0.394. The number of benzene rings is 5. The number of allylic oxidation sites excluding steroid dienone is 8. The summed E-state index contributed by atoms with van der Waals surface area (Å²) in [6.07, 6.45) is 49.5. The zero-order valence-corrected chi connectivity index (χ0v) is 50.2. The molecule has 0 saturated heterocycles. The Kier molecular flexibility index (Phi) is 20.1. The molecule has 0 atom stereocenters. The van der Waals surface area contributed by atoms with Crippen LogP contribution in [0, 0.1) is 11.8 Å². The van der Waals surface area contributed by atoms with Crippen molar-refractivity contribution in [3.8, 4) is 23.0 Å². The van der Waals surface area contributed by atoms with Crippen molar-refractivity contribution >= 4 is 54.0 Å². The van der Waals surface area contributed by atoms with Gasteiger partial charge >= 0.3 is 0 Å². The third-order valence-electron chi connectivity index (χ3n) is 19.1. The lowest BCUT2D eigenvalue weighted by Crippen LogP contribution is -2.27. The minimum absolute atomic E-state index is 0.0193. The minimum Gasteiger partial charge on any atom is -0.312 e. The molecule has 4 aliphatic carbocycles. The summed E-state index contributed by atoms with van der Waals surface area (Å²) in [7, 11) is 0. The van der Waals surface area contributed by atoms with Gasteiger partial charge in [0.05, 0.1) is 17.8 Å². The van der Waals surface area contributed by atoms with E-state index in [1.54, 1.807) is 27.8 Å². The molecule has 5 aromatic carbocycles. The van der Waals surface area contributed by atoms with Gasteiger partial charge in [-0.25, -0.2) is 0 Å². The molecule has 6 aromatic rings. The van der Waals surface area contributed by atoms with Crippen molar-refractivity contribution in [1.82, 2.24) is 0 Å². The molecule has 0 unspecified atom stereocenters. The maximum Gasteiger partial charge on any atom is 0.0540 e. The quantitative estimate of drug-likeness (QED) is 0.0301. The average molecular weight is 1070 g/mol. The second-order valence-corrected chi connectivity index (χ2v) is 25.4. The molecular weight excluding hydrogens is 971 g/mol. The zero-order chi connectivity index (χ0) is 54.3. The van der Waals surface area contributed by atoms with Crippen molar-refractivity contribution in [1.29, 1.82) is 0 Å². The van der Waals surface area contributed by atoms with E-state index in [4.69, 9.17) is 0 Å². The SMILES string of the molecule is CCCCCCCCC1(CCCCCCCC)C2=C(CCC=C2)c2c(N(C3=CC(c4cccc5c4sc4ccccc45)=CC#CC3)c3cccc4c3-c3ccccc3C4(CCCCCCCC)CCCCCCCC)cccc21. The predicted octanol–water partition coefficient (Wildman–Crippen LogP) is 24.2. The Balaban J connectivity index is 1.17. The Morgan fingerprint density at radius 3 is 1.63 bits per heavy atom. The van der Waals surface area contributed by atoms with E-state index in [0.717, 1.165) is 12.8 Å². The van der Waals surface area contributed by atoms with E-state index in [9.17, 15) is 0 Å². The molecule has 79 heavy (non-hydrogen) atoms. The van der Waals surface area contributed by atoms with Crippen molar-refractivity contribution < 1.29 is 0 Å². The van der Waals surface area contributed by atoms with Crippen molar-refractivity contribution in [2.24, 2.45) is 0 Å². The van der Waals surface area contributed by atoms with Crippen LogP contribution in [0.4, 0.5) is 11.4 Å². The average Bonchev–Trinajstić information content (AvgIpc) is 3.88. The summed E-state index contributed by atoms with van der Waals surface area (Å²) in [5.74, 6) is 7.41. The molecule has 1 nitrogen and oxygen atoms in total. The van der Waals surface area contributed by atoms with Crippen LogP contribution in [0.5, 0.6) is 0 Å². The molecular formula is C77H95NS. The van der Waals surface area contributed by atoms with Crippen LogP contribution in [0.2, 0.25) is 0 Å². The molecule has 1 heterocycles. The maximum atomic E-state index is 3.77. The molecule has 0 radical (unpaired) electrons. The van der Waals surface area contributed by atoms with Gasteiger partial charge in [0.25, 0.3) is 0 Å². The van der Waals surface area contributed by atoms with Crippen LogP contribution in [-0.2, 0) is 10.8 Å². The van der Waals surface area contributed by atoms with Gasteiger partial charge in [0, 0.05) is 53.4 Å². The highest BCUT2D eigenvalue weighted by Gasteiger charge is 2.47. The first-order chi connectivity index (χ1) is 39.1. The van der Waals surface area contributed by atoms with Gasteiger partial charge in [-0.2, -0.15) is 0 Å². The molecule has 414 valence electrons. The fraction of sp³-hybridized carbons (Fsp3) is 0.481. The summed E-state index contributed by atoms with van der Waals surface area (Å²) < 4.78 is 2.69. The lowest BCUT2D eigenvalue weighted by atomic mass is 9.69. The summed E-state index contributed by atoms with van der Waals surface area (Å²) in [6, 6.07) is 40.8. The van der Waals surface area contributed by atoms with Gasteiger partial charge in [-0.3, -0.25) is 0 Å². The summed E-state index contributed by atoms with van der Waals surface area (Å²) in [6.45, 7) is 9.39. The van der Waals surface area contributed by atoms with E-state index in [0.29, 0.717) is 6.42 Å². The van der Waals surface area contributed by atoms with Crippen LogP contribution in [0.3, 0.4) is 0 Å². The number of hydrogen-bond acceptors (Lipinski definition) is 2. The van der Waals surface area contributed by atoms with Crippen molar-refractivity contribution in [2.75, 3.05) is 4.90 Å². The van der Waals surface area contributed by atoms with Crippen molar-refractivity contribution in [3.05, 3.63) is 167 Å². The second-order valence-electron chi connectivity index (χ2n) is 24.4. The Hall–Kier alpha value is -5.36. The largest absolute Gasteiger partial charge is 0.312 e. The molecule has 0 amide bonds. The van der Waals surface area contributed by atoms with Crippen LogP contribution in [0.15, 0.2) is 139 Å². The van der Waals surface area contributed by atoms with Gasteiger partial charge in [0.2, 0.25) is 0 Å². The number of anilines is 2.